The molecule has 0 atom stereocenters. The Balaban J connectivity index is 1.61. The lowest BCUT2D eigenvalue weighted by Gasteiger charge is -2.28. The lowest BCUT2D eigenvalue weighted by molar-refractivity contribution is 0.0728. The molecule has 31 heavy (non-hydrogen) atoms. The minimum absolute atomic E-state index is 0.0426. The van der Waals surface area contributed by atoms with E-state index in [1.807, 2.05) is 18.2 Å². The van der Waals surface area contributed by atoms with Gasteiger partial charge in [0.25, 0.3) is 5.91 Å². The number of hydrogen-bond acceptors (Lipinski definition) is 5. The second kappa shape index (κ2) is 8.16. The minimum Gasteiger partial charge on any atom is -0.495 e. The maximum atomic E-state index is 13.0. The van der Waals surface area contributed by atoms with E-state index >= 15 is 0 Å². The Kier molecular flexibility index (Phi) is 5.55. The standard InChI is InChI=1S/C22H24N4O4S/c1-25(2)31(28,29)21-12-16(8-9-20(21)30-3)18-13-19(24-23-18)22(27)26-11-10-15-6-4-5-7-17(15)14-26/h4-9,12-13H,10-11,14H2,1-3H3,(H,23,24). The van der Waals surface area contributed by atoms with Gasteiger partial charge in [0.15, 0.2) is 0 Å². The van der Waals surface area contributed by atoms with Crippen molar-refractivity contribution in [2.24, 2.45) is 0 Å². The van der Waals surface area contributed by atoms with Gasteiger partial charge >= 0.3 is 0 Å². The highest BCUT2D eigenvalue weighted by molar-refractivity contribution is 7.89. The SMILES string of the molecule is COc1ccc(-c2cc(C(=O)N3CCc4ccccc4C3)[nH]n2)cc1S(=O)(=O)N(C)C. The van der Waals surface area contributed by atoms with E-state index in [0.717, 1.165) is 16.3 Å². The van der Waals surface area contributed by atoms with E-state index in [4.69, 9.17) is 4.74 Å². The van der Waals surface area contributed by atoms with Crippen molar-refractivity contribution in [3.63, 3.8) is 0 Å². The van der Waals surface area contributed by atoms with Crippen LogP contribution in [0.1, 0.15) is 21.6 Å². The number of H-pyrrole nitrogens is 1. The van der Waals surface area contributed by atoms with Crippen LogP contribution in [0, 0.1) is 0 Å². The van der Waals surface area contributed by atoms with Gasteiger partial charge in [0.05, 0.1) is 12.8 Å². The first-order chi connectivity index (χ1) is 14.8. The smallest absolute Gasteiger partial charge is 0.272 e. The second-order valence-corrected chi connectivity index (χ2v) is 9.69. The molecule has 0 spiro atoms. The molecule has 1 aliphatic heterocycles. The summed E-state index contributed by atoms with van der Waals surface area (Å²) in [5.41, 5.74) is 3.83. The fraction of sp³-hybridized carbons (Fsp3) is 0.273. The summed E-state index contributed by atoms with van der Waals surface area (Å²) in [7, 11) is 0.636. The van der Waals surface area contributed by atoms with E-state index in [-0.39, 0.29) is 16.6 Å². The number of sulfonamides is 1. The Morgan fingerprint density at radius 2 is 1.87 bits per heavy atom. The first-order valence-corrected chi connectivity index (χ1v) is 11.3. The van der Waals surface area contributed by atoms with Crippen molar-refractivity contribution in [3.8, 4) is 17.0 Å². The van der Waals surface area contributed by atoms with E-state index in [0.29, 0.717) is 30.0 Å². The van der Waals surface area contributed by atoms with E-state index in [9.17, 15) is 13.2 Å². The van der Waals surface area contributed by atoms with E-state index in [2.05, 4.69) is 16.3 Å². The van der Waals surface area contributed by atoms with Crippen LogP contribution in [0.4, 0.5) is 0 Å². The molecule has 4 rings (SSSR count). The predicted octanol–water partition coefficient (Wildman–Crippen LogP) is 2.53. The number of methoxy groups -OCH3 is 1. The molecular weight excluding hydrogens is 416 g/mol. The molecule has 0 aliphatic carbocycles. The van der Waals surface area contributed by atoms with Gasteiger partial charge in [-0.3, -0.25) is 9.89 Å². The monoisotopic (exact) mass is 440 g/mol. The maximum absolute atomic E-state index is 13.0. The molecule has 0 radical (unpaired) electrons. The number of carbonyl (C=O) groups excluding carboxylic acids is 1. The number of rotatable bonds is 5. The zero-order chi connectivity index (χ0) is 22.2. The molecule has 0 fully saturated rings. The summed E-state index contributed by atoms with van der Waals surface area (Å²) in [6.45, 7) is 1.19. The third-order valence-corrected chi connectivity index (χ3v) is 7.28. The van der Waals surface area contributed by atoms with Crippen molar-refractivity contribution < 1.29 is 17.9 Å². The summed E-state index contributed by atoms with van der Waals surface area (Å²) in [6, 6.07) is 14.6. The van der Waals surface area contributed by atoms with Gasteiger partial charge in [0.1, 0.15) is 16.3 Å². The number of nitrogens with zero attached hydrogens (tertiary/aromatic N) is 3. The van der Waals surface area contributed by atoms with Crippen LogP contribution in [0.15, 0.2) is 53.4 Å². The normalized spacial score (nSPS) is 13.9. The summed E-state index contributed by atoms with van der Waals surface area (Å²) in [6.07, 6.45) is 0.813. The number of aromatic nitrogens is 2. The lowest BCUT2D eigenvalue weighted by atomic mass is 10.00. The molecule has 0 saturated heterocycles. The molecule has 1 aromatic heterocycles. The number of carbonyl (C=O) groups is 1. The predicted molar refractivity (Wildman–Crippen MR) is 116 cm³/mol. The number of aromatic amines is 1. The molecule has 162 valence electrons. The van der Waals surface area contributed by atoms with Gasteiger partial charge in [-0.2, -0.15) is 5.10 Å². The Hall–Kier alpha value is -3.17. The van der Waals surface area contributed by atoms with Crippen LogP contribution in [0.2, 0.25) is 0 Å². The Labute approximate surface area is 181 Å². The number of ether oxygens (including phenoxy) is 1. The van der Waals surface area contributed by atoms with Gasteiger partial charge in [0, 0.05) is 32.7 Å². The molecule has 2 heterocycles. The molecule has 0 saturated carbocycles. The quantitative estimate of drug-likeness (QED) is 0.658. The first-order valence-electron chi connectivity index (χ1n) is 9.83. The Bertz CT molecular complexity index is 1230. The summed E-state index contributed by atoms with van der Waals surface area (Å²) in [5, 5.41) is 7.05. The van der Waals surface area contributed by atoms with Gasteiger partial charge < -0.3 is 9.64 Å². The van der Waals surface area contributed by atoms with Crippen LogP contribution in [0.25, 0.3) is 11.3 Å². The average Bonchev–Trinajstić information content (AvgIpc) is 3.28. The van der Waals surface area contributed by atoms with Crippen LogP contribution in [-0.4, -0.2) is 61.5 Å². The second-order valence-electron chi connectivity index (χ2n) is 7.57. The van der Waals surface area contributed by atoms with Gasteiger partial charge in [-0.1, -0.05) is 24.3 Å². The van der Waals surface area contributed by atoms with Crippen LogP contribution in [0.3, 0.4) is 0 Å². The lowest BCUT2D eigenvalue weighted by Crippen LogP contribution is -2.36. The molecule has 3 aromatic rings. The average molecular weight is 441 g/mol. The van der Waals surface area contributed by atoms with E-state index < -0.39 is 10.0 Å². The van der Waals surface area contributed by atoms with Crippen LogP contribution < -0.4 is 4.74 Å². The number of fused-ring (bicyclic) bond motifs is 1. The largest absolute Gasteiger partial charge is 0.495 e. The summed E-state index contributed by atoms with van der Waals surface area (Å²) in [4.78, 5) is 14.8. The fourth-order valence-corrected chi connectivity index (χ4v) is 4.73. The van der Waals surface area contributed by atoms with Crippen molar-refractivity contribution in [2.45, 2.75) is 17.9 Å². The van der Waals surface area contributed by atoms with E-state index in [1.165, 1.54) is 32.8 Å². The van der Waals surface area contributed by atoms with E-state index in [1.54, 1.807) is 23.1 Å². The Morgan fingerprint density at radius 3 is 2.58 bits per heavy atom. The summed E-state index contributed by atoms with van der Waals surface area (Å²) >= 11 is 0. The van der Waals surface area contributed by atoms with Crippen LogP contribution in [0.5, 0.6) is 5.75 Å². The molecule has 1 amide bonds. The van der Waals surface area contributed by atoms with Crippen LogP contribution >= 0.6 is 0 Å². The number of amides is 1. The Morgan fingerprint density at radius 1 is 1.13 bits per heavy atom. The van der Waals surface area contributed by atoms with Gasteiger partial charge in [-0.25, -0.2) is 12.7 Å². The molecule has 8 nitrogen and oxygen atoms in total. The summed E-state index contributed by atoms with van der Waals surface area (Å²) in [5.74, 6) is 0.110. The van der Waals surface area contributed by atoms with Crippen molar-refractivity contribution in [1.82, 2.24) is 19.4 Å². The molecule has 0 bridgehead atoms. The molecule has 9 heteroatoms. The van der Waals surface area contributed by atoms with Crippen molar-refractivity contribution in [2.75, 3.05) is 27.7 Å². The molecule has 1 aliphatic rings. The number of nitrogens with one attached hydrogen (secondary N) is 1. The zero-order valence-electron chi connectivity index (χ0n) is 17.6. The van der Waals surface area contributed by atoms with Crippen molar-refractivity contribution >= 4 is 15.9 Å². The molecule has 2 aromatic carbocycles. The zero-order valence-corrected chi connectivity index (χ0v) is 18.4. The highest BCUT2D eigenvalue weighted by Crippen LogP contribution is 2.31. The number of hydrogen-bond donors (Lipinski definition) is 1. The minimum atomic E-state index is -3.71. The third kappa shape index (κ3) is 3.94. The number of benzene rings is 2. The topological polar surface area (TPSA) is 95.6 Å². The van der Waals surface area contributed by atoms with Crippen LogP contribution in [-0.2, 0) is 23.0 Å². The van der Waals surface area contributed by atoms with Crippen molar-refractivity contribution in [3.05, 3.63) is 65.4 Å². The highest BCUT2D eigenvalue weighted by Gasteiger charge is 2.25. The molecule has 1 N–H and O–H groups in total. The molecule has 0 unspecified atom stereocenters. The summed E-state index contributed by atoms with van der Waals surface area (Å²) < 4.78 is 31.7. The van der Waals surface area contributed by atoms with Gasteiger partial charge in [-0.15, -0.1) is 0 Å². The maximum Gasteiger partial charge on any atom is 0.272 e. The first kappa shape index (κ1) is 21.1. The third-order valence-electron chi connectivity index (χ3n) is 5.44. The molecular formula is C22H24N4O4S. The van der Waals surface area contributed by atoms with Gasteiger partial charge in [-0.05, 0) is 41.8 Å². The van der Waals surface area contributed by atoms with Gasteiger partial charge in [0.2, 0.25) is 10.0 Å². The van der Waals surface area contributed by atoms with Crippen molar-refractivity contribution in [1.29, 1.82) is 0 Å². The fourth-order valence-electron chi connectivity index (χ4n) is 3.65. The highest BCUT2D eigenvalue weighted by atomic mass is 32.2.